The molecule has 1 rings (SSSR count). The van der Waals surface area contributed by atoms with Gasteiger partial charge in [-0.1, -0.05) is 45.4 Å². The molecule has 120 valence electrons. The molecule has 0 aromatic heterocycles. The monoisotopic (exact) mass is 285 g/mol. The molecule has 0 spiro atoms. The fraction of sp³-hybridized carbons (Fsp3) is 1.00. The van der Waals surface area contributed by atoms with Crippen molar-refractivity contribution < 1.29 is 9.47 Å². The Kier molecular flexibility index (Phi) is 9.49. The van der Waals surface area contributed by atoms with Crippen molar-refractivity contribution in [2.24, 2.45) is 5.41 Å². The van der Waals surface area contributed by atoms with Crippen LogP contribution in [-0.4, -0.2) is 39.5 Å². The maximum Gasteiger partial charge on any atom is 0.0616 e. The van der Waals surface area contributed by atoms with Gasteiger partial charge in [-0.05, 0) is 19.8 Å². The van der Waals surface area contributed by atoms with Gasteiger partial charge >= 0.3 is 0 Å². The molecule has 0 amide bonds. The highest BCUT2D eigenvalue weighted by Gasteiger charge is 2.40. The molecule has 0 aromatic rings. The van der Waals surface area contributed by atoms with Crippen LogP contribution in [0.4, 0.5) is 0 Å². The molecule has 2 atom stereocenters. The highest BCUT2D eigenvalue weighted by molar-refractivity contribution is 4.91. The van der Waals surface area contributed by atoms with Crippen LogP contribution < -0.4 is 5.32 Å². The first-order chi connectivity index (χ1) is 9.75. The third-order valence-corrected chi connectivity index (χ3v) is 4.82. The second-order valence-corrected chi connectivity index (χ2v) is 6.31. The van der Waals surface area contributed by atoms with Crippen LogP contribution in [0, 0.1) is 5.41 Å². The number of ether oxygens (including phenoxy) is 2. The van der Waals surface area contributed by atoms with E-state index in [0.29, 0.717) is 11.5 Å². The van der Waals surface area contributed by atoms with Crippen LogP contribution in [0.3, 0.4) is 0 Å². The SMILES string of the molecule is CCCCCCCCC1(CNCCOC)CCOC1C. The Labute approximate surface area is 125 Å². The van der Waals surface area contributed by atoms with Gasteiger partial charge in [-0.2, -0.15) is 0 Å². The van der Waals surface area contributed by atoms with Gasteiger partial charge in [0.25, 0.3) is 0 Å². The molecule has 0 radical (unpaired) electrons. The van der Waals surface area contributed by atoms with Gasteiger partial charge < -0.3 is 14.8 Å². The van der Waals surface area contributed by atoms with E-state index in [2.05, 4.69) is 19.2 Å². The Hall–Kier alpha value is -0.120. The third-order valence-electron chi connectivity index (χ3n) is 4.82. The predicted molar refractivity (Wildman–Crippen MR) is 85.2 cm³/mol. The zero-order valence-corrected chi connectivity index (χ0v) is 13.9. The van der Waals surface area contributed by atoms with Crippen molar-refractivity contribution in [3.63, 3.8) is 0 Å². The lowest BCUT2D eigenvalue weighted by Crippen LogP contribution is -2.40. The van der Waals surface area contributed by atoms with E-state index in [9.17, 15) is 0 Å². The Morgan fingerprint density at radius 2 is 1.95 bits per heavy atom. The van der Waals surface area contributed by atoms with Gasteiger partial charge in [0.1, 0.15) is 0 Å². The van der Waals surface area contributed by atoms with Crippen LogP contribution in [0.5, 0.6) is 0 Å². The number of methoxy groups -OCH3 is 1. The molecule has 2 unspecified atom stereocenters. The lowest BCUT2D eigenvalue weighted by atomic mass is 9.77. The summed E-state index contributed by atoms with van der Waals surface area (Å²) in [5, 5.41) is 3.56. The molecule has 3 nitrogen and oxygen atoms in total. The molecule has 1 N–H and O–H groups in total. The molecular weight excluding hydrogens is 250 g/mol. The minimum absolute atomic E-state index is 0.360. The molecule has 1 heterocycles. The van der Waals surface area contributed by atoms with Crippen LogP contribution in [0.2, 0.25) is 0 Å². The lowest BCUT2D eigenvalue weighted by molar-refractivity contribution is 0.0559. The highest BCUT2D eigenvalue weighted by atomic mass is 16.5. The van der Waals surface area contributed by atoms with E-state index in [4.69, 9.17) is 9.47 Å². The standard InChI is InChI=1S/C17H35NO2/c1-4-5-6-7-8-9-10-17(11-13-20-16(17)2)15-18-12-14-19-3/h16,18H,4-15H2,1-3H3. The molecule has 1 saturated heterocycles. The normalized spacial score (nSPS) is 26.2. The lowest BCUT2D eigenvalue weighted by Gasteiger charge is -2.33. The highest BCUT2D eigenvalue weighted by Crippen LogP contribution is 2.39. The molecule has 20 heavy (non-hydrogen) atoms. The van der Waals surface area contributed by atoms with E-state index >= 15 is 0 Å². The van der Waals surface area contributed by atoms with E-state index in [1.165, 1.54) is 51.4 Å². The molecule has 0 bridgehead atoms. The van der Waals surface area contributed by atoms with Crippen molar-refractivity contribution in [1.29, 1.82) is 0 Å². The first-order valence-corrected chi connectivity index (χ1v) is 8.56. The van der Waals surface area contributed by atoms with E-state index in [-0.39, 0.29) is 0 Å². The smallest absolute Gasteiger partial charge is 0.0616 e. The molecule has 3 heteroatoms. The number of unbranched alkanes of at least 4 members (excludes halogenated alkanes) is 5. The summed E-state index contributed by atoms with van der Waals surface area (Å²) in [6, 6.07) is 0. The van der Waals surface area contributed by atoms with Gasteiger partial charge in [0.15, 0.2) is 0 Å². The molecular formula is C17H35NO2. The average Bonchev–Trinajstić information content (AvgIpc) is 2.81. The largest absolute Gasteiger partial charge is 0.383 e. The number of nitrogens with one attached hydrogen (secondary N) is 1. The first kappa shape index (κ1) is 17.9. The Balaban J connectivity index is 2.25. The Bertz CT molecular complexity index is 235. The number of hydrogen-bond acceptors (Lipinski definition) is 3. The van der Waals surface area contributed by atoms with Crippen molar-refractivity contribution in [2.75, 3.05) is 33.4 Å². The minimum Gasteiger partial charge on any atom is -0.383 e. The van der Waals surface area contributed by atoms with E-state index in [1.807, 2.05) is 0 Å². The van der Waals surface area contributed by atoms with Crippen molar-refractivity contribution >= 4 is 0 Å². The summed E-state index contributed by atoms with van der Waals surface area (Å²) >= 11 is 0. The van der Waals surface area contributed by atoms with Gasteiger partial charge in [-0.3, -0.25) is 0 Å². The summed E-state index contributed by atoms with van der Waals surface area (Å²) in [7, 11) is 1.76. The molecule has 1 aliphatic heterocycles. The van der Waals surface area contributed by atoms with Crippen LogP contribution in [0.15, 0.2) is 0 Å². The van der Waals surface area contributed by atoms with Crippen molar-refractivity contribution in [2.45, 2.75) is 71.3 Å². The van der Waals surface area contributed by atoms with Gasteiger partial charge in [-0.15, -0.1) is 0 Å². The minimum atomic E-state index is 0.360. The topological polar surface area (TPSA) is 30.5 Å². The fourth-order valence-electron chi connectivity index (χ4n) is 3.24. The summed E-state index contributed by atoms with van der Waals surface area (Å²) in [5.41, 5.74) is 0.360. The zero-order chi connectivity index (χ0) is 14.7. The van der Waals surface area contributed by atoms with Crippen LogP contribution >= 0.6 is 0 Å². The third kappa shape index (κ3) is 6.11. The van der Waals surface area contributed by atoms with Crippen LogP contribution in [0.1, 0.15) is 65.2 Å². The molecule has 0 aromatic carbocycles. The first-order valence-electron chi connectivity index (χ1n) is 8.56. The van der Waals surface area contributed by atoms with Gasteiger partial charge in [-0.25, -0.2) is 0 Å². The van der Waals surface area contributed by atoms with Gasteiger partial charge in [0.2, 0.25) is 0 Å². The molecule has 1 aliphatic rings. The maximum atomic E-state index is 5.85. The summed E-state index contributed by atoms with van der Waals surface area (Å²) < 4.78 is 11.0. The average molecular weight is 285 g/mol. The predicted octanol–water partition coefficient (Wildman–Crippen LogP) is 3.77. The summed E-state index contributed by atoms with van der Waals surface area (Å²) in [5.74, 6) is 0. The van der Waals surface area contributed by atoms with Gasteiger partial charge in [0.05, 0.1) is 12.7 Å². The van der Waals surface area contributed by atoms with E-state index in [0.717, 1.165) is 26.3 Å². The Morgan fingerprint density at radius 1 is 1.20 bits per heavy atom. The van der Waals surface area contributed by atoms with Gasteiger partial charge in [0, 0.05) is 32.2 Å². The maximum absolute atomic E-state index is 5.85. The van der Waals surface area contributed by atoms with Crippen LogP contribution in [-0.2, 0) is 9.47 Å². The summed E-state index contributed by atoms with van der Waals surface area (Å²) in [6.45, 7) is 8.28. The quantitative estimate of drug-likeness (QED) is 0.554. The molecule has 0 aliphatic carbocycles. The fourth-order valence-corrected chi connectivity index (χ4v) is 3.24. The molecule has 0 saturated carbocycles. The Morgan fingerprint density at radius 3 is 2.60 bits per heavy atom. The van der Waals surface area contributed by atoms with Crippen LogP contribution in [0.25, 0.3) is 0 Å². The van der Waals surface area contributed by atoms with E-state index in [1.54, 1.807) is 7.11 Å². The second-order valence-electron chi connectivity index (χ2n) is 6.31. The molecule has 1 fully saturated rings. The number of hydrogen-bond donors (Lipinski definition) is 1. The van der Waals surface area contributed by atoms with Crippen molar-refractivity contribution in [3.05, 3.63) is 0 Å². The zero-order valence-electron chi connectivity index (χ0n) is 13.9. The summed E-state index contributed by atoms with van der Waals surface area (Å²) in [4.78, 5) is 0. The summed E-state index contributed by atoms with van der Waals surface area (Å²) in [6.07, 6.45) is 11.2. The second kappa shape index (κ2) is 10.6. The number of rotatable bonds is 12. The van der Waals surface area contributed by atoms with Crippen molar-refractivity contribution in [3.8, 4) is 0 Å². The van der Waals surface area contributed by atoms with E-state index < -0.39 is 0 Å². The van der Waals surface area contributed by atoms with Crippen molar-refractivity contribution in [1.82, 2.24) is 5.32 Å².